The molecule has 1 aliphatic rings. The minimum absolute atomic E-state index is 0.0522. The van der Waals surface area contributed by atoms with E-state index in [0.717, 1.165) is 5.69 Å². The van der Waals surface area contributed by atoms with Gasteiger partial charge in [-0.3, -0.25) is 4.79 Å². The third-order valence-electron chi connectivity index (χ3n) is 4.04. The molecule has 8 heteroatoms. The van der Waals surface area contributed by atoms with Gasteiger partial charge >= 0.3 is 0 Å². The minimum atomic E-state index is -0.463. The van der Waals surface area contributed by atoms with Crippen LogP contribution in [-0.4, -0.2) is 47.0 Å². The Labute approximate surface area is 150 Å². The van der Waals surface area contributed by atoms with Gasteiger partial charge < -0.3 is 15.1 Å². The van der Waals surface area contributed by atoms with Crippen LogP contribution in [0.2, 0.25) is 5.02 Å². The first-order chi connectivity index (χ1) is 11.9. The van der Waals surface area contributed by atoms with Crippen LogP contribution in [0.3, 0.4) is 0 Å². The Morgan fingerprint density at radius 3 is 2.56 bits per heavy atom. The van der Waals surface area contributed by atoms with Crippen molar-refractivity contribution in [3.8, 4) is 0 Å². The monoisotopic (exact) mass is 363 g/mol. The average Bonchev–Trinajstić information content (AvgIpc) is 2.58. The van der Waals surface area contributed by atoms with Crippen molar-refractivity contribution >= 4 is 35.0 Å². The Kier molecular flexibility index (Phi) is 5.03. The summed E-state index contributed by atoms with van der Waals surface area (Å²) in [6, 6.07) is 6.23. The summed E-state index contributed by atoms with van der Waals surface area (Å²) in [5.41, 5.74) is 1.46. The summed E-state index contributed by atoms with van der Waals surface area (Å²) in [4.78, 5) is 24.3. The fraction of sp³-hybridized carbons (Fsp3) is 0.353. The molecule has 0 aliphatic carbocycles. The highest BCUT2D eigenvalue weighted by Crippen LogP contribution is 2.23. The van der Waals surface area contributed by atoms with Gasteiger partial charge in [-0.2, -0.15) is 4.98 Å². The molecule has 0 saturated carbocycles. The van der Waals surface area contributed by atoms with Crippen molar-refractivity contribution in [2.75, 3.05) is 36.4 Å². The van der Waals surface area contributed by atoms with Gasteiger partial charge in [-0.1, -0.05) is 11.6 Å². The third-order valence-corrected chi connectivity index (χ3v) is 4.33. The number of aryl methyl sites for hydroxylation is 1. The van der Waals surface area contributed by atoms with E-state index in [0.29, 0.717) is 43.6 Å². The maximum atomic E-state index is 13.3. The molecule has 1 aromatic carbocycles. The standard InChI is InChI=1S/C17H19ClFN5O/c1-11-9-16(21-13-3-4-15(19)14(18)10-13)22-17(20-11)24-7-5-23(6-8-24)12(2)25/h3-4,9-10H,5-8H2,1-2H3,(H,20,21,22). The molecule has 0 bridgehead atoms. The second kappa shape index (κ2) is 7.23. The quantitative estimate of drug-likeness (QED) is 0.908. The van der Waals surface area contributed by atoms with E-state index < -0.39 is 5.82 Å². The lowest BCUT2D eigenvalue weighted by molar-refractivity contribution is -0.129. The Balaban J connectivity index is 1.76. The molecule has 1 N–H and O–H groups in total. The van der Waals surface area contributed by atoms with Gasteiger partial charge in [-0.15, -0.1) is 0 Å². The smallest absolute Gasteiger partial charge is 0.227 e. The number of carbonyl (C=O) groups is 1. The molecule has 1 aromatic heterocycles. The van der Waals surface area contributed by atoms with E-state index in [1.54, 1.807) is 13.0 Å². The first kappa shape index (κ1) is 17.4. The number of anilines is 3. The zero-order valence-electron chi connectivity index (χ0n) is 14.1. The SMILES string of the molecule is CC(=O)N1CCN(c2nc(C)cc(Nc3ccc(F)c(Cl)c3)n2)CC1. The van der Waals surface area contributed by atoms with Crippen LogP contribution in [0.4, 0.5) is 21.8 Å². The van der Waals surface area contributed by atoms with E-state index >= 15 is 0 Å². The molecule has 0 spiro atoms. The lowest BCUT2D eigenvalue weighted by atomic mass is 10.3. The van der Waals surface area contributed by atoms with Gasteiger partial charge in [0.05, 0.1) is 5.02 Å². The number of halogens is 2. The second-order valence-electron chi connectivity index (χ2n) is 5.94. The summed E-state index contributed by atoms with van der Waals surface area (Å²) < 4.78 is 13.3. The van der Waals surface area contributed by atoms with Crippen molar-refractivity contribution in [1.29, 1.82) is 0 Å². The Morgan fingerprint density at radius 1 is 1.20 bits per heavy atom. The Hall–Kier alpha value is -2.41. The van der Waals surface area contributed by atoms with Crippen molar-refractivity contribution in [2.24, 2.45) is 0 Å². The highest BCUT2D eigenvalue weighted by Gasteiger charge is 2.21. The van der Waals surface area contributed by atoms with E-state index in [9.17, 15) is 9.18 Å². The number of nitrogens with one attached hydrogen (secondary N) is 1. The normalized spacial score (nSPS) is 14.6. The molecule has 6 nitrogen and oxygen atoms in total. The van der Waals surface area contributed by atoms with Crippen LogP contribution in [0, 0.1) is 12.7 Å². The number of hydrogen-bond donors (Lipinski definition) is 1. The molecule has 25 heavy (non-hydrogen) atoms. The zero-order valence-corrected chi connectivity index (χ0v) is 14.8. The number of carbonyl (C=O) groups excluding carboxylic acids is 1. The average molecular weight is 364 g/mol. The van der Waals surface area contributed by atoms with Gasteiger partial charge in [0.25, 0.3) is 0 Å². The van der Waals surface area contributed by atoms with Crippen LogP contribution >= 0.6 is 11.6 Å². The predicted octanol–water partition coefficient (Wildman–Crippen LogP) is 2.99. The van der Waals surface area contributed by atoms with Crippen molar-refractivity contribution in [3.05, 3.63) is 40.8 Å². The summed E-state index contributed by atoms with van der Waals surface area (Å²) >= 11 is 5.82. The number of piperazine rings is 1. The van der Waals surface area contributed by atoms with Crippen molar-refractivity contribution in [2.45, 2.75) is 13.8 Å². The van der Waals surface area contributed by atoms with Gasteiger partial charge in [0, 0.05) is 50.6 Å². The summed E-state index contributed by atoms with van der Waals surface area (Å²) in [7, 11) is 0. The van der Waals surface area contributed by atoms with Gasteiger partial charge in [0.1, 0.15) is 11.6 Å². The third kappa shape index (κ3) is 4.17. The molecular weight excluding hydrogens is 345 g/mol. The molecule has 0 atom stereocenters. The molecule has 3 rings (SSSR count). The number of nitrogens with zero attached hydrogens (tertiary/aromatic N) is 4. The fourth-order valence-corrected chi connectivity index (χ4v) is 2.88. The Bertz CT molecular complexity index is 793. The van der Waals surface area contributed by atoms with Crippen LogP contribution in [0.5, 0.6) is 0 Å². The molecule has 1 saturated heterocycles. The van der Waals surface area contributed by atoms with Crippen molar-refractivity contribution < 1.29 is 9.18 Å². The van der Waals surface area contributed by atoms with E-state index in [2.05, 4.69) is 20.2 Å². The maximum Gasteiger partial charge on any atom is 0.227 e. The van der Waals surface area contributed by atoms with E-state index in [1.165, 1.54) is 12.1 Å². The zero-order chi connectivity index (χ0) is 18.0. The molecule has 2 aromatic rings. The molecule has 1 aliphatic heterocycles. The second-order valence-corrected chi connectivity index (χ2v) is 6.35. The number of benzene rings is 1. The van der Waals surface area contributed by atoms with Gasteiger partial charge in [0.15, 0.2) is 0 Å². The molecule has 132 valence electrons. The maximum absolute atomic E-state index is 13.3. The van der Waals surface area contributed by atoms with Crippen LogP contribution in [0.25, 0.3) is 0 Å². The van der Waals surface area contributed by atoms with Crippen LogP contribution in [-0.2, 0) is 4.79 Å². The number of amides is 1. The largest absolute Gasteiger partial charge is 0.340 e. The molecule has 2 heterocycles. The van der Waals surface area contributed by atoms with Gasteiger partial charge in [-0.05, 0) is 25.1 Å². The number of aromatic nitrogens is 2. The number of rotatable bonds is 3. The highest BCUT2D eigenvalue weighted by molar-refractivity contribution is 6.31. The van der Waals surface area contributed by atoms with E-state index in [1.807, 2.05) is 17.9 Å². The topological polar surface area (TPSA) is 61.4 Å². The lowest BCUT2D eigenvalue weighted by Gasteiger charge is -2.34. The molecule has 0 unspecified atom stereocenters. The van der Waals surface area contributed by atoms with Crippen LogP contribution in [0.1, 0.15) is 12.6 Å². The highest BCUT2D eigenvalue weighted by atomic mass is 35.5. The first-order valence-corrected chi connectivity index (χ1v) is 8.38. The van der Waals surface area contributed by atoms with Gasteiger partial charge in [0.2, 0.25) is 11.9 Å². The van der Waals surface area contributed by atoms with Crippen molar-refractivity contribution in [3.63, 3.8) is 0 Å². The van der Waals surface area contributed by atoms with E-state index in [4.69, 9.17) is 11.6 Å². The van der Waals surface area contributed by atoms with Crippen LogP contribution in [0.15, 0.2) is 24.3 Å². The van der Waals surface area contributed by atoms with Crippen LogP contribution < -0.4 is 10.2 Å². The molecule has 0 radical (unpaired) electrons. The van der Waals surface area contributed by atoms with E-state index in [-0.39, 0.29) is 10.9 Å². The predicted molar refractivity (Wildman–Crippen MR) is 95.9 cm³/mol. The molecular formula is C17H19ClFN5O. The van der Waals surface area contributed by atoms with Gasteiger partial charge in [-0.25, -0.2) is 9.37 Å². The molecule has 1 fully saturated rings. The fourth-order valence-electron chi connectivity index (χ4n) is 2.70. The number of hydrogen-bond acceptors (Lipinski definition) is 5. The summed E-state index contributed by atoms with van der Waals surface area (Å²) in [5.74, 6) is 0.841. The summed E-state index contributed by atoms with van der Waals surface area (Å²) in [5, 5.41) is 3.18. The summed E-state index contributed by atoms with van der Waals surface area (Å²) in [6.45, 7) is 6.15. The molecule has 1 amide bonds. The summed E-state index contributed by atoms with van der Waals surface area (Å²) in [6.07, 6.45) is 0. The minimum Gasteiger partial charge on any atom is -0.340 e. The van der Waals surface area contributed by atoms with Crippen molar-refractivity contribution in [1.82, 2.24) is 14.9 Å². The lowest BCUT2D eigenvalue weighted by Crippen LogP contribution is -2.48. The first-order valence-electron chi connectivity index (χ1n) is 8.00. The Morgan fingerprint density at radius 2 is 1.92 bits per heavy atom.